The lowest BCUT2D eigenvalue weighted by Gasteiger charge is -2.36. The first-order chi connectivity index (χ1) is 11.5. The number of pyridine rings is 1. The number of nitrogens with zero attached hydrogens (tertiary/aromatic N) is 2. The van der Waals surface area contributed by atoms with E-state index < -0.39 is 5.97 Å². The molecule has 5 heteroatoms. The molecule has 0 amide bonds. The summed E-state index contributed by atoms with van der Waals surface area (Å²) in [5.74, 6) is -1.30. The van der Waals surface area contributed by atoms with Gasteiger partial charge < -0.3 is 5.11 Å². The first kappa shape index (κ1) is 16.6. The quantitative estimate of drug-likeness (QED) is 0.934. The summed E-state index contributed by atoms with van der Waals surface area (Å²) in [4.78, 5) is 18.0. The Morgan fingerprint density at radius 2 is 1.96 bits per heavy atom. The fourth-order valence-electron chi connectivity index (χ4n) is 3.37. The van der Waals surface area contributed by atoms with Gasteiger partial charge in [0.1, 0.15) is 5.82 Å². The van der Waals surface area contributed by atoms with Gasteiger partial charge in [0.15, 0.2) is 0 Å². The molecule has 3 rings (SSSR count). The molecular formula is C19H21FN2O2. The molecule has 2 heterocycles. The maximum Gasteiger partial charge on any atom is 0.306 e. The Bertz CT molecular complexity index is 681. The summed E-state index contributed by atoms with van der Waals surface area (Å²) in [5, 5.41) is 9.19. The van der Waals surface area contributed by atoms with Crippen molar-refractivity contribution >= 4 is 5.97 Å². The van der Waals surface area contributed by atoms with Crippen molar-refractivity contribution in [3.05, 3.63) is 65.2 Å². The van der Waals surface area contributed by atoms with E-state index in [9.17, 15) is 14.3 Å². The first-order valence-electron chi connectivity index (χ1n) is 8.20. The molecule has 0 bridgehead atoms. The summed E-state index contributed by atoms with van der Waals surface area (Å²) in [6.45, 7) is 3.25. The predicted molar refractivity (Wildman–Crippen MR) is 89.1 cm³/mol. The smallest absolute Gasteiger partial charge is 0.306 e. The van der Waals surface area contributed by atoms with Crippen LogP contribution in [0.5, 0.6) is 0 Å². The van der Waals surface area contributed by atoms with Crippen LogP contribution in [-0.4, -0.2) is 34.0 Å². The van der Waals surface area contributed by atoms with Crippen molar-refractivity contribution in [3.8, 4) is 0 Å². The second kappa shape index (κ2) is 7.09. The van der Waals surface area contributed by atoms with E-state index in [1.807, 2.05) is 31.2 Å². The van der Waals surface area contributed by atoms with Crippen LogP contribution in [0.1, 0.15) is 35.8 Å². The molecule has 1 aromatic carbocycles. The Hall–Kier alpha value is -2.27. The van der Waals surface area contributed by atoms with Gasteiger partial charge in [-0.1, -0.05) is 18.2 Å². The van der Waals surface area contributed by atoms with E-state index in [-0.39, 0.29) is 17.8 Å². The van der Waals surface area contributed by atoms with Crippen molar-refractivity contribution in [2.45, 2.75) is 25.8 Å². The summed E-state index contributed by atoms with van der Waals surface area (Å²) in [6, 6.07) is 12.3. The molecule has 0 aliphatic carbocycles. The van der Waals surface area contributed by atoms with E-state index in [0.717, 1.165) is 17.0 Å². The zero-order chi connectivity index (χ0) is 17.1. The summed E-state index contributed by atoms with van der Waals surface area (Å²) in [5.41, 5.74) is 2.63. The molecule has 1 aromatic heterocycles. The number of aliphatic carboxylic acids is 1. The summed E-state index contributed by atoms with van der Waals surface area (Å²) >= 11 is 0. The maximum absolute atomic E-state index is 13.7. The van der Waals surface area contributed by atoms with Gasteiger partial charge in [-0.3, -0.25) is 14.7 Å². The number of hydrogen-bond acceptors (Lipinski definition) is 3. The van der Waals surface area contributed by atoms with Crippen molar-refractivity contribution < 1.29 is 14.3 Å². The molecule has 0 saturated carbocycles. The molecule has 1 unspecified atom stereocenters. The lowest BCUT2D eigenvalue weighted by Crippen LogP contribution is -2.39. The molecule has 1 N–H and O–H groups in total. The third-order valence-electron chi connectivity index (χ3n) is 4.60. The number of halogens is 1. The molecule has 1 fully saturated rings. The van der Waals surface area contributed by atoms with E-state index >= 15 is 0 Å². The molecule has 1 saturated heterocycles. The van der Waals surface area contributed by atoms with Gasteiger partial charge in [0.25, 0.3) is 0 Å². The molecule has 0 spiro atoms. The Morgan fingerprint density at radius 1 is 1.25 bits per heavy atom. The van der Waals surface area contributed by atoms with Crippen molar-refractivity contribution in [2.24, 2.45) is 5.92 Å². The number of aromatic nitrogens is 1. The molecular weight excluding hydrogens is 307 g/mol. The summed E-state index contributed by atoms with van der Waals surface area (Å²) in [6.07, 6.45) is 1.21. The van der Waals surface area contributed by atoms with E-state index in [2.05, 4.69) is 9.88 Å². The van der Waals surface area contributed by atoms with Gasteiger partial charge >= 0.3 is 5.97 Å². The van der Waals surface area contributed by atoms with Crippen LogP contribution in [0.15, 0.2) is 42.5 Å². The monoisotopic (exact) mass is 328 g/mol. The molecule has 4 nitrogen and oxygen atoms in total. The number of rotatable bonds is 4. The standard InChI is InChI=1S/C19H21FN2O2/c1-13-4-2-7-17(21-13)18(15-5-3-6-16(20)12-15)22-10-8-14(9-11-22)19(23)24/h2-7,12,14,18H,8-11H2,1H3,(H,23,24). The second-order valence-electron chi connectivity index (χ2n) is 6.31. The highest BCUT2D eigenvalue weighted by molar-refractivity contribution is 5.70. The average Bonchev–Trinajstić information content (AvgIpc) is 2.56. The third-order valence-corrected chi connectivity index (χ3v) is 4.60. The molecule has 1 aliphatic rings. The minimum absolute atomic E-state index is 0.157. The molecule has 2 aromatic rings. The van der Waals surface area contributed by atoms with E-state index in [4.69, 9.17) is 0 Å². The molecule has 0 radical (unpaired) electrons. The number of carboxylic acids is 1. The Balaban J connectivity index is 1.93. The van der Waals surface area contributed by atoms with Gasteiger partial charge in [-0.15, -0.1) is 0 Å². The number of hydrogen-bond donors (Lipinski definition) is 1. The van der Waals surface area contributed by atoms with Gasteiger partial charge in [0.05, 0.1) is 17.7 Å². The lowest BCUT2D eigenvalue weighted by molar-refractivity contribution is -0.143. The van der Waals surface area contributed by atoms with Crippen LogP contribution in [-0.2, 0) is 4.79 Å². The normalized spacial score (nSPS) is 17.6. The van der Waals surface area contributed by atoms with Crippen LogP contribution < -0.4 is 0 Å². The van der Waals surface area contributed by atoms with Crippen LogP contribution in [0.25, 0.3) is 0 Å². The lowest BCUT2D eigenvalue weighted by atomic mass is 9.93. The minimum atomic E-state index is -0.731. The van der Waals surface area contributed by atoms with Gasteiger partial charge in [-0.25, -0.2) is 4.39 Å². The second-order valence-corrected chi connectivity index (χ2v) is 6.31. The predicted octanol–water partition coefficient (Wildman–Crippen LogP) is 3.42. The van der Waals surface area contributed by atoms with Crippen molar-refractivity contribution in [2.75, 3.05) is 13.1 Å². The molecule has 24 heavy (non-hydrogen) atoms. The minimum Gasteiger partial charge on any atom is -0.481 e. The van der Waals surface area contributed by atoms with Gasteiger partial charge in [-0.05, 0) is 62.7 Å². The maximum atomic E-state index is 13.7. The van der Waals surface area contributed by atoms with Crippen LogP contribution in [0.4, 0.5) is 4.39 Å². The number of benzene rings is 1. The van der Waals surface area contributed by atoms with Gasteiger partial charge in [0.2, 0.25) is 0 Å². The third kappa shape index (κ3) is 3.62. The highest BCUT2D eigenvalue weighted by Crippen LogP contribution is 2.32. The topological polar surface area (TPSA) is 53.4 Å². The Morgan fingerprint density at radius 3 is 2.58 bits per heavy atom. The van der Waals surface area contributed by atoms with Crippen LogP contribution in [0.2, 0.25) is 0 Å². The number of aryl methyl sites for hydroxylation is 1. The van der Waals surface area contributed by atoms with E-state index in [1.54, 1.807) is 6.07 Å². The fraction of sp³-hybridized carbons (Fsp3) is 0.368. The summed E-state index contributed by atoms with van der Waals surface area (Å²) in [7, 11) is 0. The number of carboxylic acid groups (broad SMARTS) is 1. The van der Waals surface area contributed by atoms with Crippen LogP contribution >= 0.6 is 0 Å². The summed E-state index contributed by atoms with van der Waals surface area (Å²) < 4.78 is 13.7. The highest BCUT2D eigenvalue weighted by atomic mass is 19.1. The van der Waals surface area contributed by atoms with Gasteiger partial charge in [-0.2, -0.15) is 0 Å². The van der Waals surface area contributed by atoms with Crippen molar-refractivity contribution in [1.29, 1.82) is 0 Å². The zero-order valence-electron chi connectivity index (χ0n) is 13.7. The van der Waals surface area contributed by atoms with Crippen molar-refractivity contribution in [3.63, 3.8) is 0 Å². The Labute approximate surface area is 141 Å². The average molecular weight is 328 g/mol. The molecule has 126 valence electrons. The zero-order valence-corrected chi connectivity index (χ0v) is 13.7. The van der Waals surface area contributed by atoms with Crippen molar-refractivity contribution in [1.82, 2.24) is 9.88 Å². The first-order valence-corrected chi connectivity index (χ1v) is 8.20. The number of likely N-dealkylation sites (tertiary alicyclic amines) is 1. The van der Waals surface area contributed by atoms with Crippen LogP contribution in [0, 0.1) is 18.7 Å². The fourth-order valence-corrected chi connectivity index (χ4v) is 3.37. The highest BCUT2D eigenvalue weighted by Gasteiger charge is 2.30. The SMILES string of the molecule is Cc1cccc(C(c2cccc(F)c2)N2CCC(C(=O)O)CC2)n1. The Kier molecular flexibility index (Phi) is 4.90. The largest absolute Gasteiger partial charge is 0.481 e. The van der Waals surface area contributed by atoms with Crippen LogP contribution in [0.3, 0.4) is 0 Å². The van der Waals surface area contributed by atoms with E-state index in [1.165, 1.54) is 12.1 Å². The number of piperidine rings is 1. The van der Waals surface area contributed by atoms with E-state index in [0.29, 0.717) is 25.9 Å². The molecule has 1 aliphatic heterocycles. The molecule has 1 atom stereocenters. The van der Waals surface area contributed by atoms with Gasteiger partial charge in [0, 0.05) is 5.69 Å². The number of carbonyl (C=O) groups is 1.